The normalized spacial score (nSPS) is 11.7. The SMILES string of the molecule is CCC(CC)CN(CC)Cc1cc(N)c2ccccc2n1. The van der Waals surface area contributed by atoms with Gasteiger partial charge in [-0.2, -0.15) is 0 Å². The van der Waals surface area contributed by atoms with Crippen LogP contribution in [0.15, 0.2) is 30.3 Å². The summed E-state index contributed by atoms with van der Waals surface area (Å²) >= 11 is 0. The lowest BCUT2D eigenvalue weighted by molar-refractivity contribution is 0.224. The summed E-state index contributed by atoms with van der Waals surface area (Å²) in [6.45, 7) is 9.82. The van der Waals surface area contributed by atoms with Gasteiger partial charge in [0.2, 0.25) is 0 Å². The van der Waals surface area contributed by atoms with E-state index >= 15 is 0 Å². The molecule has 0 spiro atoms. The highest BCUT2D eigenvalue weighted by atomic mass is 15.1. The van der Waals surface area contributed by atoms with Crippen molar-refractivity contribution >= 4 is 16.6 Å². The molecule has 3 heteroatoms. The van der Waals surface area contributed by atoms with Crippen LogP contribution in [0.2, 0.25) is 0 Å². The number of fused-ring (bicyclic) bond motifs is 1. The van der Waals surface area contributed by atoms with Crippen LogP contribution in [0.25, 0.3) is 10.9 Å². The Kier molecular flexibility index (Phi) is 5.57. The van der Waals surface area contributed by atoms with Crippen molar-refractivity contribution in [3.63, 3.8) is 0 Å². The van der Waals surface area contributed by atoms with Crippen LogP contribution in [-0.2, 0) is 6.54 Å². The minimum Gasteiger partial charge on any atom is -0.398 e. The molecule has 2 rings (SSSR count). The number of para-hydroxylation sites is 1. The van der Waals surface area contributed by atoms with Crippen molar-refractivity contribution in [3.8, 4) is 0 Å². The van der Waals surface area contributed by atoms with Crippen molar-refractivity contribution in [2.75, 3.05) is 18.8 Å². The molecule has 3 nitrogen and oxygen atoms in total. The number of hydrogen-bond acceptors (Lipinski definition) is 3. The van der Waals surface area contributed by atoms with E-state index in [2.05, 4.69) is 25.7 Å². The molecule has 0 fully saturated rings. The molecule has 0 aliphatic heterocycles. The Morgan fingerprint density at radius 1 is 1.14 bits per heavy atom. The Morgan fingerprint density at radius 3 is 2.52 bits per heavy atom. The smallest absolute Gasteiger partial charge is 0.0726 e. The number of nitrogens with two attached hydrogens (primary N) is 1. The Hall–Kier alpha value is -1.61. The lowest BCUT2D eigenvalue weighted by Crippen LogP contribution is -2.29. The van der Waals surface area contributed by atoms with E-state index in [0.29, 0.717) is 0 Å². The van der Waals surface area contributed by atoms with Crippen molar-refractivity contribution < 1.29 is 0 Å². The van der Waals surface area contributed by atoms with Crippen molar-refractivity contribution in [2.45, 2.75) is 40.2 Å². The minimum atomic E-state index is 0.766. The third kappa shape index (κ3) is 3.94. The molecule has 0 bridgehead atoms. The predicted molar refractivity (Wildman–Crippen MR) is 91.2 cm³/mol. The van der Waals surface area contributed by atoms with E-state index in [1.807, 2.05) is 30.3 Å². The molecule has 1 aromatic heterocycles. The molecular formula is C18H27N3. The molecule has 0 aliphatic rings. The average Bonchev–Trinajstić information content (AvgIpc) is 2.51. The van der Waals surface area contributed by atoms with E-state index in [1.54, 1.807) is 0 Å². The van der Waals surface area contributed by atoms with Gasteiger partial charge in [0.15, 0.2) is 0 Å². The van der Waals surface area contributed by atoms with Gasteiger partial charge in [0, 0.05) is 24.2 Å². The number of nitrogens with zero attached hydrogens (tertiary/aromatic N) is 2. The van der Waals surface area contributed by atoms with Crippen LogP contribution in [0.5, 0.6) is 0 Å². The standard InChI is InChI=1S/C18H27N3/c1-4-14(5-2)12-21(6-3)13-15-11-17(19)16-9-7-8-10-18(16)20-15/h7-11,14H,4-6,12-13H2,1-3H3,(H2,19,20). The van der Waals surface area contributed by atoms with Gasteiger partial charge in [-0.05, 0) is 24.6 Å². The predicted octanol–water partition coefficient (Wildman–Crippen LogP) is 4.08. The maximum Gasteiger partial charge on any atom is 0.0726 e. The number of hydrogen-bond donors (Lipinski definition) is 1. The minimum absolute atomic E-state index is 0.766. The second-order valence-electron chi connectivity index (χ2n) is 5.73. The fraction of sp³-hybridized carbons (Fsp3) is 0.500. The molecule has 0 aliphatic carbocycles. The third-order valence-corrected chi connectivity index (χ3v) is 4.31. The van der Waals surface area contributed by atoms with Crippen molar-refractivity contribution in [3.05, 3.63) is 36.0 Å². The molecular weight excluding hydrogens is 258 g/mol. The van der Waals surface area contributed by atoms with Crippen molar-refractivity contribution in [1.29, 1.82) is 0 Å². The maximum absolute atomic E-state index is 6.17. The van der Waals surface area contributed by atoms with Gasteiger partial charge in [0.25, 0.3) is 0 Å². The van der Waals surface area contributed by atoms with Gasteiger partial charge in [0.05, 0.1) is 11.2 Å². The van der Waals surface area contributed by atoms with Crippen LogP contribution in [0.3, 0.4) is 0 Å². The zero-order valence-corrected chi connectivity index (χ0v) is 13.5. The van der Waals surface area contributed by atoms with E-state index < -0.39 is 0 Å². The number of rotatable bonds is 7. The molecule has 0 unspecified atom stereocenters. The first-order valence-corrected chi connectivity index (χ1v) is 8.04. The largest absolute Gasteiger partial charge is 0.398 e. The number of aromatic nitrogens is 1. The van der Waals surface area contributed by atoms with Crippen LogP contribution >= 0.6 is 0 Å². The molecule has 21 heavy (non-hydrogen) atoms. The van der Waals surface area contributed by atoms with Gasteiger partial charge in [-0.25, -0.2) is 0 Å². The quantitative estimate of drug-likeness (QED) is 0.833. The van der Waals surface area contributed by atoms with E-state index in [9.17, 15) is 0 Å². The molecule has 0 atom stereocenters. The Bertz CT molecular complexity index is 576. The van der Waals surface area contributed by atoms with Crippen LogP contribution < -0.4 is 5.73 Å². The second-order valence-corrected chi connectivity index (χ2v) is 5.73. The highest BCUT2D eigenvalue weighted by molar-refractivity contribution is 5.90. The topological polar surface area (TPSA) is 42.1 Å². The van der Waals surface area contributed by atoms with E-state index in [0.717, 1.165) is 47.8 Å². The lowest BCUT2D eigenvalue weighted by atomic mass is 10.0. The summed E-state index contributed by atoms with van der Waals surface area (Å²) in [7, 11) is 0. The van der Waals surface area contributed by atoms with E-state index in [-0.39, 0.29) is 0 Å². The van der Waals surface area contributed by atoms with Crippen LogP contribution in [-0.4, -0.2) is 23.0 Å². The Balaban J connectivity index is 2.17. The number of pyridine rings is 1. The molecule has 114 valence electrons. The van der Waals surface area contributed by atoms with E-state index in [1.165, 1.54) is 12.8 Å². The fourth-order valence-electron chi connectivity index (χ4n) is 2.79. The highest BCUT2D eigenvalue weighted by Crippen LogP contribution is 2.21. The second kappa shape index (κ2) is 7.41. The number of anilines is 1. The monoisotopic (exact) mass is 285 g/mol. The maximum atomic E-state index is 6.17. The zero-order chi connectivity index (χ0) is 15.2. The van der Waals surface area contributed by atoms with Gasteiger partial charge in [0.1, 0.15) is 0 Å². The van der Waals surface area contributed by atoms with Crippen LogP contribution in [0.1, 0.15) is 39.3 Å². The van der Waals surface area contributed by atoms with Gasteiger partial charge in [-0.1, -0.05) is 51.8 Å². The molecule has 0 amide bonds. The van der Waals surface area contributed by atoms with Gasteiger partial charge in [-0.15, -0.1) is 0 Å². The van der Waals surface area contributed by atoms with Gasteiger partial charge in [-0.3, -0.25) is 9.88 Å². The summed E-state index contributed by atoms with van der Waals surface area (Å²) < 4.78 is 0. The Morgan fingerprint density at radius 2 is 1.86 bits per heavy atom. The van der Waals surface area contributed by atoms with Crippen LogP contribution in [0, 0.1) is 5.92 Å². The molecule has 1 heterocycles. The van der Waals surface area contributed by atoms with Gasteiger partial charge >= 0.3 is 0 Å². The Labute approximate surface area is 128 Å². The fourth-order valence-corrected chi connectivity index (χ4v) is 2.79. The summed E-state index contributed by atoms with van der Waals surface area (Å²) in [6, 6.07) is 10.1. The zero-order valence-electron chi connectivity index (χ0n) is 13.5. The first-order chi connectivity index (χ1) is 10.2. The molecule has 0 saturated heterocycles. The molecule has 1 aromatic carbocycles. The first kappa shape index (κ1) is 15.8. The van der Waals surface area contributed by atoms with Gasteiger partial charge < -0.3 is 5.73 Å². The van der Waals surface area contributed by atoms with Crippen LogP contribution in [0.4, 0.5) is 5.69 Å². The van der Waals surface area contributed by atoms with Crippen molar-refractivity contribution in [1.82, 2.24) is 9.88 Å². The number of benzene rings is 1. The summed E-state index contributed by atoms with van der Waals surface area (Å²) in [5, 5.41) is 1.05. The third-order valence-electron chi connectivity index (χ3n) is 4.31. The number of nitrogen functional groups attached to an aromatic ring is 1. The molecule has 0 radical (unpaired) electrons. The average molecular weight is 285 g/mol. The molecule has 2 N–H and O–H groups in total. The highest BCUT2D eigenvalue weighted by Gasteiger charge is 2.12. The summed E-state index contributed by atoms with van der Waals surface area (Å²) in [5.74, 6) is 0.766. The molecule has 2 aromatic rings. The first-order valence-electron chi connectivity index (χ1n) is 8.04. The summed E-state index contributed by atoms with van der Waals surface area (Å²) in [6.07, 6.45) is 2.47. The summed E-state index contributed by atoms with van der Waals surface area (Å²) in [4.78, 5) is 7.23. The lowest BCUT2D eigenvalue weighted by Gasteiger charge is -2.25. The van der Waals surface area contributed by atoms with Crippen molar-refractivity contribution in [2.24, 2.45) is 5.92 Å². The molecule has 0 saturated carbocycles. The summed E-state index contributed by atoms with van der Waals surface area (Å²) in [5.41, 5.74) is 9.06. The van der Waals surface area contributed by atoms with E-state index in [4.69, 9.17) is 10.7 Å².